The van der Waals surface area contributed by atoms with E-state index in [0.717, 1.165) is 25.9 Å². The zero-order valence-corrected chi connectivity index (χ0v) is 27.0. The lowest BCUT2D eigenvalue weighted by Crippen LogP contribution is -2.33. The second kappa shape index (κ2) is 33.9. The summed E-state index contributed by atoms with van der Waals surface area (Å²) in [6.45, 7) is 12.2. The minimum absolute atomic E-state index is 0.00766. The van der Waals surface area contributed by atoms with Crippen LogP contribution in [0.15, 0.2) is 0 Å². The zero-order chi connectivity index (χ0) is 32.3. The first-order valence-corrected chi connectivity index (χ1v) is 16.2. The average Bonchev–Trinajstić information content (AvgIpc) is 3.04. The van der Waals surface area contributed by atoms with Gasteiger partial charge in [-0.3, -0.25) is 9.59 Å². The normalized spacial score (nSPS) is 13.8. The number of rotatable bonds is 35. The number of carboxylic acids is 1. The molecule has 15 heteroatoms. The number of hydrogen-bond donors (Lipinski definition) is 3. The molecular weight excluding hydrogens is 596 g/mol. The van der Waals surface area contributed by atoms with Gasteiger partial charge < -0.3 is 63.1 Å². The van der Waals surface area contributed by atoms with Crippen LogP contribution in [0.2, 0.25) is 0 Å². The van der Waals surface area contributed by atoms with Gasteiger partial charge >= 0.3 is 5.97 Å². The van der Waals surface area contributed by atoms with Crippen molar-refractivity contribution in [3.63, 3.8) is 0 Å². The molecule has 0 radical (unpaired) electrons. The predicted octanol–water partition coefficient (Wildman–Crippen LogP) is 0.276. The predicted molar refractivity (Wildman–Crippen MR) is 164 cm³/mol. The van der Waals surface area contributed by atoms with E-state index in [9.17, 15) is 9.59 Å². The summed E-state index contributed by atoms with van der Waals surface area (Å²) < 4.78 is 55.0. The molecule has 0 unspecified atom stereocenters. The molecule has 1 aliphatic heterocycles. The Kier molecular flexibility index (Phi) is 31.2. The molecule has 0 aromatic heterocycles. The van der Waals surface area contributed by atoms with Crippen molar-refractivity contribution < 1.29 is 62.1 Å². The van der Waals surface area contributed by atoms with Crippen LogP contribution in [0.3, 0.4) is 0 Å². The maximum Gasteiger partial charge on any atom is 0.303 e. The Morgan fingerprint density at radius 2 is 0.889 bits per heavy atom. The summed E-state index contributed by atoms with van der Waals surface area (Å²) in [7, 11) is 0. The number of hydrogen-bond acceptors (Lipinski definition) is 13. The molecular formula is C30H58N2O13. The van der Waals surface area contributed by atoms with Gasteiger partial charge in [0, 0.05) is 19.6 Å². The summed E-state index contributed by atoms with van der Waals surface area (Å²) in [4.78, 5) is 21.8. The van der Waals surface area contributed by atoms with Gasteiger partial charge in [0.15, 0.2) is 0 Å². The van der Waals surface area contributed by atoms with E-state index in [1.54, 1.807) is 0 Å². The maximum absolute atomic E-state index is 11.4. The van der Waals surface area contributed by atoms with E-state index in [1.165, 1.54) is 0 Å². The molecule has 0 aromatic carbocycles. The van der Waals surface area contributed by atoms with Crippen LogP contribution in [0.25, 0.3) is 0 Å². The molecule has 1 rings (SSSR count). The SMILES string of the molecule is O=C(O)CCC(=O)NCCCOCCOCCOCCOCCOCCOCCOCCOCCOCCOC1CCNCC1. The quantitative estimate of drug-likeness (QED) is 0.0796. The smallest absolute Gasteiger partial charge is 0.303 e. The molecule has 1 amide bonds. The lowest BCUT2D eigenvalue weighted by molar-refractivity contribution is -0.138. The molecule has 0 saturated carbocycles. The van der Waals surface area contributed by atoms with Crippen molar-refractivity contribution in [2.75, 3.05) is 145 Å². The number of piperidine rings is 1. The molecule has 1 fully saturated rings. The third kappa shape index (κ3) is 32.2. The second-order valence-electron chi connectivity index (χ2n) is 9.93. The zero-order valence-electron chi connectivity index (χ0n) is 27.0. The summed E-state index contributed by atoms with van der Waals surface area (Å²) in [5.74, 6) is -1.25. The van der Waals surface area contributed by atoms with Crippen molar-refractivity contribution in [2.24, 2.45) is 0 Å². The van der Waals surface area contributed by atoms with Gasteiger partial charge in [0.1, 0.15) is 0 Å². The fraction of sp³-hybridized carbons (Fsp3) is 0.933. The highest BCUT2D eigenvalue weighted by molar-refractivity contribution is 5.80. The third-order valence-corrected chi connectivity index (χ3v) is 6.20. The lowest BCUT2D eigenvalue weighted by Gasteiger charge is -2.22. The molecule has 0 aliphatic carbocycles. The number of amides is 1. The van der Waals surface area contributed by atoms with Gasteiger partial charge in [0.05, 0.1) is 131 Å². The van der Waals surface area contributed by atoms with Gasteiger partial charge in [-0.15, -0.1) is 0 Å². The Balaban J connectivity index is 1.62. The Labute approximate surface area is 268 Å². The van der Waals surface area contributed by atoms with Gasteiger partial charge in [-0.05, 0) is 32.4 Å². The van der Waals surface area contributed by atoms with E-state index in [4.69, 9.17) is 52.5 Å². The van der Waals surface area contributed by atoms with Gasteiger partial charge in [-0.25, -0.2) is 0 Å². The van der Waals surface area contributed by atoms with Crippen LogP contribution in [0.5, 0.6) is 0 Å². The Morgan fingerprint density at radius 1 is 0.533 bits per heavy atom. The van der Waals surface area contributed by atoms with E-state index >= 15 is 0 Å². The summed E-state index contributed by atoms with van der Waals surface area (Å²) in [5.41, 5.74) is 0. The molecule has 3 N–H and O–H groups in total. The molecule has 0 atom stereocenters. The first kappa shape index (κ1) is 41.5. The van der Waals surface area contributed by atoms with Crippen LogP contribution in [0.1, 0.15) is 32.1 Å². The van der Waals surface area contributed by atoms with Gasteiger partial charge in [0.25, 0.3) is 0 Å². The fourth-order valence-corrected chi connectivity index (χ4v) is 3.81. The number of nitrogens with one attached hydrogen (secondary N) is 2. The van der Waals surface area contributed by atoms with Gasteiger partial charge in [-0.1, -0.05) is 0 Å². The molecule has 0 bridgehead atoms. The lowest BCUT2D eigenvalue weighted by atomic mass is 10.1. The molecule has 0 spiro atoms. The van der Waals surface area contributed by atoms with Crippen LogP contribution in [0.4, 0.5) is 0 Å². The summed E-state index contributed by atoms with van der Waals surface area (Å²) in [6, 6.07) is 0. The van der Waals surface area contributed by atoms with Crippen LogP contribution < -0.4 is 10.6 Å². The third-order valence-electron chi connectivity index (χ3n) is 6.20. The maximum atomic E-state index is 11.4. The van der Waals surface area contributed by atoms with Crippen molar-refractivity contribution in [1.82, 2.24) is 10.6 Å². The largest absolute Gasteiger partial charge is 0.481 e. The number of aliphatic carboxylic acids is 1. The van der Waals surface area contributed by atoms with E-state index in [-0.39, 0.29) is 18.7 Å². The topological polar surface area (TPSA) is 171 Å². The molecule has 1 heterocycles. The molecule has 266 valence electrons. The molecule has 45 heavy (non-hydrogen) atoms. The standard InChI is InChI=1S/C30H58N2O13/c33-29(2-3-30(34)35)32-6-1-9-36-10-11-37-12-13-38-14-15-39-16-17-40-18-19-41-20-21-42-22-23-43-24-25-44-26-27-45-28-4-7-31-8-5-28/h28,31H,1-27H2,(H,32,33)(H,34,35). The Hall–Kier alpha value is -1.50. The molecule has 1 saturated heterocycles. The summed E-state index contributed by atoms with van der Waals surface area (Å²) >= 11 is 0. The molecule has 0 aromatic rings. The van der Waals surface area contributed by atoms with Crippen LogP contribution >= 0.6 is 0 Å². The van der Waals surface area contributed by atoms with E-state index < -0.39 is 5.97 Å². The first-order valence-electron chi connectivity index (χ1n) is 16.2. The van der Waals surface area contributed by atoms with Crippen LogP contribution in [-0.2, 0) is 57.0 Å². The van der Waals surface area contributed by atoms with Crippen molar-refractivity contribution >= 4 is 11.9 Å². The Morgan fingerprint density at radius 3 is 1.27 bits per heavy atom. The molecule has 15 nitrogen and oxygen atoms in total. The second-order valence-corrected chi connectivity index (χ2v) is 9.93. The highest BCUT2D eigenvalue weighted by Gasteiger charge is 2.12. The van der Waals surface area contributed by atoms with Crippen LogP contribution in [-0.4, -0.2) is 168 Å². The van der Waals surface area contributed by atoms with E-state index in [2.05, 4.69) is 10.6 Å². The van der Waals surface area contributed by atoms with Crippen molar-refractivity contribution in [2.45, 2.75) is 38.2 Å². The first-order chi connectivity index (χ1) is 22.2. The average molecular weight is 655 g/mol. The number of carbonyl (C=O) groups excluding carboxylic acids is 1. The van der Waals surface area contributed by atoms with Crippen molar-refractivity contribution in [3.8, 4) is 0 Å². The number of carboxylic acid groups (broad SMARTS) is 1. The van der Waals surface area contributed by atoms with E-state index in [1.807, 2.05) is 0 Å². The highest BCUT2D eigenvalue weighted by atomic mass is 16.6. The van der Waals surface area contributed by atoms with Crippen molar-refractivity contribution in [3.05, 3.63) is 0 Å². The Bertz CT molecular complexity index is 657. The van der Waals surface area contributed by atoms with Crippen molar-refractivity contribution in [1.29, 1.82) is 0 Å². The fourth-order valence-electron chi connectivity index (χ4n) is 3.81. The van der Waals surface area contributed by atoms with E-state index in [0.29, 0.717) is 145 Å². The summed E-state index contributed by atoms with van der Waals surface area (Å²) in [5, 5.41) is 14.5. The van der Waals surface area contributed by atoms with Gasteiger partial charge in [0.2, 0.25) is 5.91 Å². The summed E-state index contributed by atoms with van der Waals surface area (Å²) in [6.07, 6.45) is 3.00. The number of ether oxygens (including phenoxy) is 10. The van der Waals surface area contributed by atoms with Crippen LogP contribution in [0, 0.1) is 0 Å². The molecule has 1 aliphatic rings. The highest BCUT2D eigenvalue weighted by Crippen LogP contribution is 2.06. The number of carbonyl (C=O) groups is 2. The monoisotopic (exact) mass is 654 g/mol. The minimum atomic E-state index is -0.981. The van der Waals surface area contributed by atoms with Gasteiger partial charge in [-0.2, -0.15) is 0 Å². The minimum Gasteiger partial charge on any atom is -0.481 e.